The third kappa shape index (κ3) is 31.4. The fourth-order valence-electron chi connectivity index (χ4n) is 7.85. The molecule has 0 amide bonds. The van der Waals surface area contributed by atoms with Gasteiger partial charge in [0.1, 0.15) is 12.2 Å². The molecule has 2 aliphatic carbocycles. The summed E-state index contributed by atoms with van der Waals surface area (Å²) in [5.74, 6) is 5.85. The maximum atomic E-state index is 12.6. The average molecular weight is 784 g/mol. The highest BCUT2D eigenvalue weighted by atomic mass is 32.2. The van der Waals surface area contributed by atoms with Crippen molar-refractivity contribution in [3.63, 3.8) is 0 Å². The fraction of sp³-hybridized carbons (Fsp3) is 0.957. The van der Waals surface area contributed by atoms with Crippen molar-refractivity contribution in [2.75, 3.05) is 36.1 Å². The number of rotatable bonds is 34. The maximum absolute atomic E-state index is 12.6. The van der Waals surface area contributed by atoms with Gasteiger partial charge in [0.15, 0.2) is 0 Å². The van der Waals surface area contributed by atoms with E-state index in [0.29, 0.717) is 12.8 Å². The van der Waals surface area contributed by atoms with E-state index in [1.165, 1.54) is 166 Å². The van der Waals surface area contributed by atoms with Crippen LogP contribution in [0, 0.1) is 11.8 Å². The van der Waals surface area contributed by atoms with Crippen LogP contribution >= 0.6 is 23.5 Å². The number of ether oxygens (including phenoxy) is 2. The van der Waals surface area contributed by atoms with E-state index < -0.39 is 0 Å². The second-order valence-electron chi connectivity index (χ2n) is 16.0. The lowest BCUT2D eigenvalue weighted by atomic mass is 9.86. The van der Waals surface area contributed by atoms with Crippen molar-refractivity contribution in [3.05, 3.63) is 0 Å². The summed E-state index contributed by atoms with van der Waals surface area (Å²) in [5.41, 5.74) is 0. The zero-order chi connectivity index (χ0) is 38.5. The maximum Gasteiger partial charge on any atom is 0.306 e. The summed E-state index contributed by atoms with van der Waals surface area (Å²) < 4.78 is 12.0. The number of hydrogen-bond donors (Lipinski definition) is 1. The number of thioether (sulfide) groups is 2. The van der Waals surface area contributed by atoms with Crippen molar-refractivity contribution in [1.82, 2.24) is 5.32 Å². The van der Waals surface area contributed by atoms with E-state index in [1.54, 1.807) is 0 Å². The molecule has 53 heavy (non-hydrogen) atoms. The Hall–Kier alpha value is -0.400. The van der Waals surface area contributed by atoms with Gasteiger partial charge in [-0.2, -0.15) is 23.5 Å². The Morgan fingerprint density at radius 3 is 1.34 bits per heavy atom. The lowest BCUT2D eigenvalue weighted by Crippen LogP contribution is -2.22. The van der Waals surface area contributed by atoms with Crippen molar-refractivity contribution < 1.29 is 19.1 Å². The zero-order valence-corrected chi connectivity index (χ0v) is 37.3. The molecule has 0 aromatic rings. The van der Waals surface area contributed by atoms with Crippen LogP contribution in [0.4, 0.5) is 0 Å². The Morgan fingerprint density at radius 1 is 0.547 bits per heavy atom. The summed E-state index contributed by atoms with van der Waals surface area (Å²) >= 11 is 3.98. The normalized spacial score (nSPS) is 16.5. The van der Waals surface area contributed by atoms with E-state index in [4.69, 9.17) is 9.47 Å². The molecule has 0 radical (unpaired) electrons. The number of esters is 2. The second-order valence-corrected chi connectivity index (χ2v) is 18.3. The molecular weight excluding hydrogens is 695 g/mol. The number of carbonyl (C=O) groups excluding carboxylic acids is 2. The Bertz CT molecular complexity index is 738. The topological polar surface area (TPSA) is 64.6 Å². The summed E-state index contributed by atoms with van der Waals surface area (Å²) in [6, 6.07) is 0. The first kappa shape index (κ1) is 50.6. The predicted octanol–water partition coefficient (Wildman–Crippen LogP) is 13.9. The molecule has 314 valence electrons. The minimum atomic E-state index is 0.0472. The summed E-state index contributed by atoms with van der Waals surface area (Å²) in [4.78, 5) is 25.3. The first-order valence-electron chi connectivity index (χ1n) is 23.4. The van der Waals surface area contributed by atoms with Crippen LogP contribution < -0.4 is 5.32 Å². The molecule has 0 bridgehead atoms. The van der Waals surface area contributed by atoms with E-state index in [-0.39, 0.29) is 24.1 Å². The molecule has 2 fully saturated rings. The minimum absolute atomic E-state index is 0.0472. The highest BCUT2D eigenvalue weighted by Gasteiger charge is 2.20. The van der Waals surface area contributed by atoms with Gasteiger partial charge in [-0.1, -0.05) is 143 Å². The van der Waals surface area contributed by atoms with Gasteiger partial charge in [0.25, 0.3) is 0 Å². The molecule has 2 unspecified atom stereocenters. The van der Waals surface area contributed by atoms with Crippen LogP contribution in [0.3, 0.4) is 0 Å². The van der Waals surface area contributed by atoms with Crippen LogP contribution in [-0.2, 0) is 19.1 Å². The Labute approximate surface area is 339 Å². The van der Waals surface area contributed by atoms with Gasteiger partial charge in [-0.3, -0.25) is 9.59 Å². The summed E-state index contributed by atoms with van der Waals surface area (Å²) in [5, 5.41) is 3.66. The van der Waals surface area contributed by atoms with Gasteiger partial charge in [-0.25, -0.2) is 0 Å². The molecule has 0 aromatic heterocycles. The van der Waals surface area contributed by atoms with Crippen LogP contribution in [0.1, 0.15) is 220 Å². The highest BCUT2D eigenvalue weighted by Crippen LogP contribution is 2.29. The van der Waals surface area contributed by atoms with Crippen molar-refractivity contribution in [1.29, 1.82) is 0 Å². The van der Waals surface area contributed by atoms with Crippen LogP contribution in [-0.4, -0.2) is 60.2 Å². The molecule has 1 N–H and O–H groups in total. The summed E-state index contributed by atoms with van der Waals surface area (Å²) in [6.45, 7) is 10.7. The van der Waals surface area contributed by atoms with Gasteiger partial charge in [0.05, 0.1) is 0 Å². The van der Waals surface area contributed by atoms with Crippen molar-refractivity contribution in [2.24, 2.45) is 11.8 Å². The SMILES string of the molecule is CC.CCCCCCC(CSCCCCCNCCCCCSCC(CCCCCC)OC(=O)CCC1CCCCC1)OC(=O)CCC1CCCCC1. The average Bonchev–Trinajstić information content (AvgIpc) is 3.19. The predicted molar refractivity (Wildman–Crippen MR) is 235 cm³/mol. The monoisotopic (exact) mass is 784 g/mol. The lowest BCUT2D eigenvalue weighted by Gasteiger charge is -2.22. The molecule has 0 saturated heterocycles. The minimum Gasteiger partial charge on any atom is -0.461 e. The van der Waals surface area contributed by atoms with Crippen LogP contribution in [0.25, 0.3) is 0 Å². The lowest BCUT2D eigenvalue weighted by molar-refractivity contribution is -0.149. The van der Waals surface area contributed by atoms with Crippen molar-refractivity contribution in [2.45, 2.75) is 233 Å². The Morgan fingerprint density at radius 2 is 0.943 bits per heavy atom. The van der Waals surface area contributed by atoms with Gasteiger partial charge < -0.3 is 14.8 Å². The molecule has 5 nitrogen and oxygen atoms in total. The molecule has 0 spiro atoms. The van der Waals surface area contributed by atoms with Crippen molar-refractivity contribution >= 4 is 35.5 Å². The quantitative estimate of drug-likeness (QED) is 0.0515. The zero-order valence-electron chi connectivity index (χ0n) is 35.7. The second kappa shape index (κ2) is 38.5. The van der Waals surface area contributed by atoms with E-state index >= 15 is 0 Å². The molecule has 0 aromatic carbocycles. The third-order valence-electron chi connectivity index (χ3n) is 11.2. The molecule has 2 atom stereocenters. The summed E-state index contributed by atoms with van der Waals surface area (Å²) in [6.07, 6.45) is 36.3. The Kier molecular flexibility index (Phi) is 36.7. The van der Waals surface area contributed by atoms with E-state index in [0.717, 1.165) is 62.1 Å². The fourth-order valence-corrected chi connectivity index (χ4v) is 10.00. The van der Waals surface area contributed by atoms with E-state index in [9.17, 15) is 9.59 Å². The van der Waals surface area contributed by atoms with Gasteiger partial charge in [-0.15, -0.1) is 0 Å². The van der Waals surface area contributed by atoms with Crippen LogP contribution in [0.2, 0.25) is 0 Å². The van der Waals surface area contributed by atoms with Crippen LogP contribution in [0.5, 0.6) is 0 Å². The van der Waals surface area contributed by atoms with Crippen molar-refractivity contribution in [3.8, 4) is 0 Å². The highest BCUT2D eigenvalue weighted by molar-refractivity contribution is 7.99. The Balaban J connectivity index is 0.00000690. The molecule has 2 saturated carbocycles. The van der Waals surface area contributed by atoms with E-state index in [1.807, 2.05) is 37.4 Å². The molecule has 2 aliphatic rings. The van der Waals surface area contributed by atoms with Gasteiger partial charge in [-0.05, 0) is 101 Å². The standard InChI is InChI=1S/C44H83NO4S2.C2H6/c1-3-5-7-17-27-41(48-43(46)31-29-39-23-13-9-14-24-39)37-50-35-21-11-19-33-45-34-20-12-22-36-51-38-42(28-18-8-6-4-2)49-44(47)32-30-40-25-15-10-16-26-40;1-2/h39-42,45H,3-38H2,1-2H3;1-2H3. The molecule has 2 rings (SSSR count). The summed E-state index contributed by atoms with van der Waals surface area (Å²) in [7, 11) is 0. The number of carbonyl (C=O) groups is 2. The smallest absolute Gasteiger partial charge is 0.306 e. The molecule has 0 heterocycles. The largest absolute Gasteiger partial charge is 0.461 e. The number of hydrogen-bond acceptors (Lipinski definition) is 7. The van der Waals surface area contributed by atoms with Gasteiger partial charge >= 0.3 is 11.9 Å². The first-order valence-corrected chi connectivity index (χ1v) is 25.7. The third-order valence-corrected chi connectivity index (χ3v) is 13.6. The molecule has 0 aliphatic heterocycles. The number of nitrogens with one attached hydrogen (secondary N) is 1. The number of unbranched alkanes of at least 4 members (excludes halogenated alkanes) is 10. The van der Waals surface area contributed by atoms with E-state index in [2.05, 4.69) is 19.2 Å². The molecular formula is C46H89NO4S2. The van der Waals surface area contributed by atoms with Gasteiger partial charge in [0, 0.05) is 24.3 Å². The molecule has 7 heteroatoms. The van der Waals surface area contributed by atoms with Crippen LogP contribution in [0.15, 0.2) is 0 Å². The van der Waals surface area contributed by atoms with Gasteiger partial charge in [0.2, 0.25) is 0 Å². The first-order chi connectivity index (χ1) is 26.1.